The highest BCUT2D eigenvalue weighted by molar-refractivity contribution is 6.06. The Morgan fingerprint density at radius 3 is 2.86 bits per heavy atom. The number of ether oxygens (including phenoxy) is 1. The van der Waals surface area contributed by atoms with E-state index in [0.717, 1.165) is 25.1 Å². The van der Waals surface area contributed by atoms with E-state index in [1.807, 2.05) is 6.07 Å². The van der Waals surface area contributed by atoms with E-state index < -0.39 is 11.8 Å². The summed E-state index contributed by atoms with van der Waals surface area (Å²) in [5, 5.41) is 6.76. The van der Waals surface area contributed by atoms with Crippen LogP contribution in [-0.2, 0) is 11.3 Å². The Kier molecular flexibility index (Phi) is 5.99. The standard InChI is InChI=1S/C20H26N4O4/c1-12-6-4-5-9-24(12)17-8-7-14(19(21)25)10-16(17)22-20(26)18-15(11-27-3)13(2)28-23-18/h7-8,10,12H,4-6,9,11H2,1-3H3,(H2,21,25)(H,22,26)/t12-/m1/s1. The number of primary amides is 1. The van der Waals surface area contributed by atoms with Crippen molar-refractivity contribution < 1.29 is 18.8 Å². The molecular formula is C20H26N4O4. The second kappa shape index (κ2) is 8.43. The minimum Gasteiger partial charge on any atom is -0.380 e. The van der Waals surface area contributed by atoms with Crippen molar-refractivity contribution >= 4 is 23.2 Å². The maximum absolute atomic E-state index is 12.9. The second-order valence-electron chi connectivity index (χ2n) is 7.09. The first kappa shape index (κ1) is 19.9. The molecule has 1 aliphatic heterocycles. The van der Waals surface area contributed by atoms with Crippen molar-refractivity contribution in [1.29, 1.82) is 0 Å². The molecule has 2 amide bonds. The lowest BCUT2D eigenvalue weighted by atomic mass is 10.0. The summed E-state index contributed by atoms with van der Waals surface area (Å²) in [7, 11) is 1.54. The average molecular weight is 386 g/mol. The van der Waals surface area contributed by atoms with Crippen LogP contribution in [0.15, 0.2) is 22.7 Å². The van der Waals surface area contributed by atoms with E-state index in [2.05, 4.69) is 22.3 Å². The minimum absolute atomic E-state index is 0.168. The smallest absolute Gasteiger partial charge is 0.278 e. The van der Waals surface area contributed by atoms with E-state index in [4.69, 9.17) is 15.0 Å². The van der Waals surface area contributed by atoms with E-state index in [9.17, 15) is 9.59 Å². The zero-order valence-electron chi connectivity index (χ0n) is 16.4. The van der Waals surface area contributed by atoms with Gasteiger partial charge in [0, 0.05) is 25.3 Å². The fourth-order valence-corrected chi connectivity index (χ4v) is 3.56. The summed E-state index contributed by atoms with van der Waals surface area (Å²) in [5.41, 5.74) is 7.92. The third-order valence-corrected chi connectivity index (χ3v) is 5.13. The maximum atomic E-state index is 12.9. The number of carbonyl (C=O) groups excluding carboxylic acids is 2. The van der Waals surface area contributed by atoms with Gasteiger partial charge in [0.15, 0.2) is 5.69 Å². The lowest BCUT2D eigenvalue weighted by molar-refractivity contribution is 0.0993. The van der Waals surface area contributed by atoms with Gasteiger partial charge in [-0.15, -0.1) is 0 Å². The lowest BCUT2D eigenvalue weighted by Gasteiger charge is -2.36. The van der Waals surface area contributed by atoms with Crippen LogP contribution in [0, 0.1) is 6.92 Å². The Bertz CT molecular complexity index is 877. The highest BCUT2D eigenvalue weighted by atomic mass is 16.5. The van der Waals surface area contributed by atoms with Crippen LogP contribution in [-0.4, -0.2) is 36.7 Å². The van der Waals surface area contributed by atoms with E-state index >= 15 is 0 Å². The SMILES string of the molecule is COCc1c(C(=O)Nc2cc(C(N)=O)ccc2N2CCCC[C@H]2C)noc1C. The molecule has 2 heterocycles. The van der Waals surface area contributed by atoms with Crippen LogP contribution in [0.1, 0.15) is 58.4 Å². The highest BCUT2D eigenvalue weighted by Gasteiger charge is 2.25. The Hall–Kier alpha value is -2.87. The Morgan fingerprint density at radius 2 is 2.18 bits per heavy atom. The van der Waals surface area contributed by atoms with Gasteiger partial charge >= 0.3 is 0 Å². The summed E-state index contributed by atoms with van der Waals surface area (Å²) in [6, 6.07) is 5.47. The number of aryl methyl sites for hydroxylation is 1. The monoisotopic (exact) mass is 386 g/mol. The number of hydrogen-bond acceptors (Lipinski definition) is 6. The van der Waals surface area contributed by atoms with Crippen LogP contribution in [0.3, 0.4) is 0 Å². The quantitative estimate of drug-likeness (QED) is 0.790. The molecule has 28 heavy (non-hydrogen) atoms. The van der Waals surface area contributed by atoms with Gasteiger partial charge in [-0.05, 0) is 51.3 Å². The van der Waals surface area contributed by atoms with Crippen LogP contribution in [0.5, 0.6) is 0 Å². The first-order chi connectivity index (χ1) is 13.4. The number of nitrogens with two attached hydrogens (primary N) is 1. The van der Waals surface area contributed by atoms with Gasteiger partial charge in [-0.2, -0.15) is 0 Å². The molecule has 1 saturated heterocycles. The molecule has 1 aromatic heterocycles. The van der Waals surface area contributed by atoms with Gasteiger partial charge in [0.25, 0.3) is 5.91 Å². The number of methoxy groups -OCH3 is 1. The predicted molar refractivity (Wildman–Crippen MR) is 106 cm³/mol. The zero-order valence-corrected chi connectivity index (χ0v) is 16.4. The topological polar surface area (TPSA) is 111 Å². The molecule has 150 valence electrons. The number of benzene rings is 1. The fourth-order valence-electron chi connectivity index (χ4n) is 3.56. The number of nitrogens with zero attached hydrogens (tertiary/aromatic N) is 2. The minimum atomic E-state index is -0.550. The molecule has 0 saturated carbocycles. The summed E-state index contributed by atoms with van der Waals surface area (Å²) in [4.78, 5) is 26.8. The summed E-state index contributed by atoms with van der Waals surface area (Å²) in [6.07, 6.45) is 3.33. The van der Waals surface area contributed by atoms with Gasteiger partial charge in [-0.3, -0.25) is 9.59 Å². The van der Waals surface area contributed by atoms with Crippen LogP contribution < -0.4 is 16.0 Å². The molecule has 0 aliphatic carbocycles. The molecule has 3 rings (SSSR count). The van der Waals surface area contributed by atoms with Gasteiger partial charge < -0.3 is 25.2 Å². The van der Waals surface area contributed by atoms with Crippen molar-refractivity contribution in [3.63, 3.8) is 0 Å². The third kappa shape index (κ3) is 4.01. The second-order valence-corrected chi connectivity index (χ2v) is 7.09. The van der Waals surface area contributed by atoms with E-state index in [1.165, 1.54) is 6.42 Å². The number of amides is 2. The molecule has 1 aromatic carbocycles. The number of hydrogen-bond donors (Lipinski definition) is 2. The van der Waals surface area contributed by atoms with Gasteiger partial charge in [0.2, 0.25) is 5.91 Å². The Labute approximate surface area is 164 Å². The first-order valence-corrected chi connectivity index (χ1v) is 9.38. The Morgan fingerprint density at radius 1 is 1.39 bits per heavy atom. The average Bonchev–Trinajstić information content (AvgIpc) is 3.03. The van der Waals surface area contributed by atoms with Crippen molar-refractivity contribution in [2.24, 2.45) is 5.73 Å². The molecule has 0 unspecified atom stereocenters. The number of carbonyl (C=O) groups is 2. The van der Waals surface area contributed by atoms with Crippen molar-refractivity contribution in [1.82, 2.24) is 5.16 Å². The van der Waals surface area contributed by atoms with E-state index in [0.29, 0.717) is 28.6 Å². The normalized spacial score (nSPS) is 16.8. The van der Waals surface area contributed by atoms with Gasteiger partial charge in [-0.25, -0.2) is 0 Å². The number of aromatic nitrogens is 1. The number of anilines is 2. The first-order valence-electron chi connectivity index (χ1n) is 9.38. The fraction of sp³-hybridized carbons (Fsp3) is 0.450. The van der Waals surface area contributed by atoms with Crippen LogP contribution in [0.4, 0.5) is 11.4 Å². The summed E-state index contributed by atoms with van der Waals surface area (Å²) in [6.45, 7) is 4.99. The molecule has 8 nitrogen and oxygen atoms in total. The van der Waals surface area contributed by atoms with E-state index in [1.54, 1.807) is 26.2 Å². The highest BCUT2D eigenvalue weighted by Crippen LogP contribution is 2.33. The summed E-state index contributed by atoms with van der Waals surface area (Å²) in [5.74, 6) is -0.440. The number of nitrogens with one attached hydrogen (secondary N) is 1. The molecular weight excluding hydrogens is 360 g/mol. The van der Waals surface area contributed by atoms with E-state index in [-0.39, 0.29) is 12.3 Å². The zero-order chi connectivity index (χ0) is 20.3. The summed E-state index contributed by atoms with van der Waals surface area (Å²) >= 11 is 0. The molecule has 0 spiro atoms. The largest absolute Gasteiger partial charge is 0.380 e. The molecule has 8 heteroatoms. The summed E-state index contributed by atoms with van der Waals surface area (Å²) < 4.78 is 10.3. The van der Waals surface area contributed by atoms with Crippen molar-refractivity contribution in [3.8, 4) is 0 Å². The van der Waals surface area contributed by atoms with Crippen molar-refractivity contribution in [2.75, 3.05) is 23.9 Å². The molecule has 1 atom stereocenters. The van der Waals surface area contributed by atoms with Crippen LogP contribution in [0.2, 0.25) is 0 Å². The third-order valence-electron chi connectivity index (χ3n) is 5.13. The van der Waals surface area contributed by atoms with Crippen LogP contribution >= 0.6 is 0 Å². The lowest BCUT2D eigenvalue weighted by Crippen LogP contribution is -2.38. The molecule has 1 fully saturated rings. The van der Waals surface area contributed by atoms with Crippen molar-refractivity contribution in [3.05, 3.63) is 40.8 Å². The van der Waals surface area contributed by atoms with Gasteiger partial charge in [-0.1, -0.05) is 5.16 Å². The molecule has 0 radical (unpaired) electrons. The molecule has 2 aromatic rings. The molecule has 3 N–H and O–H groups in total. The van der Waals surface area contributed by atoms with Gasteiger partial charge in [0.1, 0.15) is 5.76 Å². The van der Waals surface area contributed by atoms with Crippen LogP contribution in [0.25, 0.3) is 0 Å². The Balaban J connectivity index is 1.96. The van der Waals surface area contributed by atoms with Crippen molar-refractivity contribution in [2.45, 2.75) is 45.8 Å². The predicted octanol–water partition coefficient (Wildman–Crippen LogP) is 2.86. The number of piperidine rings is 1. The maximum Gasteiger partial charge on any atom is 0.278 e. The number of rotatable bonds is 6. The molecule has 0 bridgehead atoms. The van der Waals surface area contributed by atoms with Gasteiger partial charge in [0.05, 0.1) is 23.5 Å². The molecule has 1 aliphatic rings.